The SMILES string of the molecule is COc1cccc(NC(=O)c2nc(N3CCOCC3)c3c(C)scc3n2)c1. The number of carbonyl (C=O) groups excluding carboxylic acids is 1. The fourth-order valence-electron chi connectivity index (χ4n) is 3.09. The van der Waals surface area contributed by atoms with E-state index < -0.39 is 0 Å². The summed E-state index contributed by atoms with van der Waals surface area (Å²) in [6, 6.07) is 7.20. The standard InChI is InChI=1S/C19H20N4O3S/c1-12-16-15(11-27-12)21-17(22-18(16)23-6-8-26-9-7-23)19(24)20-13-4-3-5-14(10-13)25-2/h3-5,10-11H,6-9H2,1-2H3,(H,20,24). The van der Waals surface area contributed by atoms with Crippen molar-refractivity contribution in [2.45, 2.75) is 6.92 Å². The fraction of sp³-hybridized carbons (Fsp3) is 0.316. The minimum Gasteiger partial charge on any atom is -0.497 e. The number of benzene rings is 1. The van der Waals surface area contributed by atoms with E-state index in [4.69, 9.17) is 9.47 Å². The van der Waals surface area contributed by atoms with Gasteiger partial charge in [-0.3, -0.25) is 4.79 Å². The first-order valence-electron chi connectivity index (χ1n) is 8.69. The van der Waals surface area contributed by atoms with Crippen LogP contribution >= 0.6 is 11.3 Å². The van der Waals surface area contributed by atoms with E-state index >= 15 is 0 Å². The van der Waals surface area contributed by atoms with Crippen molar-refractivity contribution in [3.8, 4) is 5.75 Å². The van der Waals surface area contributed by atoms with Crippen molar-refractivity contribution in [1.82, 2.24) is 9.97 Å². The maximum absolute atomic E-state index is 12.8. The van der Waals surface area contributed by atoms with Gasteiger partial charge in [0, 0.05) is 35.1 Å². The molecule has 0 unspecified atom stereocenters. The largest absolute Gasteiger partial charge is 0.497 e. The Morgan fingerprint density at radius 1 is 1.30 bits per heavy atom. The van der Waals surface area contributed by atoms with Crippen LogP contribution in [0.2, 0.25) is 0 Å². The van der Waals surface area contributed by atoms with Crippen LogP contribution in [0.15, 0.2) is 29.6 Å². The number of nitrogens with zero attached hydrogens (tertiary/aromatic N) is 3. The van der Waals surface area contributed by atoms with Gasteiger partial charge in [-0.15, -0.1) is 11.3 Å². The van der Waals surface area contributed by atoms with Crippen LogP contribution in [-0.4, -0.2) is 49.3 Å². The number of hydrogen-bond acceptors (Lipinski definition) is 7. The lowest BCUT2D eigenvalue weighted by Crippen LogP contribution is -2.37. The Kier molecular flexibility index (Phi) is 4.91. The molecule has 7 nitrogen and oxygen atoms in total. The van der Waals surface area contributed by atoms with Crippen LogP contribution in [0.3, 0.4) is 0 Å². The molecule has 1 aromatic carbocycles. The second kappa shape index (κ2) is 7.50. The molecule has 8 heteroatoms. The normalized spacial score (nSPS) is 14.4. The number of rotatable bonds is 4. The Bertz CT molecular complexity index is 982. The summed E-state index contributed by atoms with van der Waals surface area (Å²) in [6.07, 6.45) is 0. The smallest absolute Gasteiger partial charge is 0.293 e. The lowest BCUT2D eigenvalue weighted by atomic mass is 10.2. The Labute approximate surface area is 160 Å². The monoisotopic (exact) mass is 384 g/mol. The summed E-state index contributed by atoms with van der Waals surface area (Å²) in [4.78, 5) is 25.2. The van der Waals surface area contributed by atoms with Gasteiger partial charge in [0.25, 0.3) is 5.91 Å². The molecule has 1 saturated heterocycles. The number of ether oxygens (including phenoxy) is 2. The van der Waals surface area contributed by atoms with Crippen LogP contribution < -0.4 is 15.0 Å². The van der Waals surface area contributed by atoms with Crippen molar-refractivity contribution in [3.63, 3.8) is 0 Å². The van der Waals surface area contributed by atoms with Crippen LogP contribution in [-0.2, 0) is 4.74 Å². The zero-order valence-electron chi connectivity index (χ0n) is 15.2. The van der Waals surface area contributed by atoms with E-state index in [-0.39, 0.29) is 11.7 Å². The van der Waals surface area contributed by atoms with Gasteiger partial charge in [-0.05, 0) is 19.1 Å². The maximum Gasteiger partial charge on any atom is 0.293 e. The third kappa shape index (κ3) is 3.58. The second-order valence-corrected chi connectivity index (χ2v) is 7.29. The zero-order chi connectivity index (χ0) is 18.8. The molecule has 1 aliphatic rings. The third-order valence-electron chi connectivity index (χ3n) is 4.46. The minimum atomic E-state index is -0.344. The number of fused-ring (bicyclic) bond motifs is 1. The summed E-state index contributed by atoms with van der Waals surface area (Å²) in [6.45, 7) is 4.85. The van der Waals surface area contributed by atoms with E-state index in [1.54, 1.807) is 30.6 Å². The van der Waals surface area contributed by atoms with Gasteiger partial charge < -0.3 is 19.7 Å². The molecule has 0 bridgehead atoms. The molecule has 0 atom stereocenters. The first-order chi connectivity index (χ1) is 13.2. The van der Waals surface area contributed by atoms with Crippen molar-refractivity contribution in [1.29, 1.82) is 0 Å². The summed E-state index contributed by atoms with van der Waals surface area (Å²) in [7, 11) is 1.59. The number of thiophene rings is 1. The number of methoxy groups -OCH3 is 1. The molecule has 1 fully saturated rings. The fourth-order valence-corrected chi connectivity index (χ4v) is 3.86. The summed E-state index contributed by atoms with van der Waals surface area (Å²) in [5, 5.41) is 5.84. The second-order valence-electron chi connectivity index (χ2n) is 6.21. The Hall–Kier alpha value is -2.71. The number of aromatic nitrogens is 2. The Morgan fingerprint density at radius 3 is 2.89 bits per heavy atom. The number of hydrogen-bond donors (Lipinski definition) is 1. The highest BCUT2D eigenvalue weighted by Crippen LogP contribution is 2.32. The predicted octanol–water partition coefficient (Wildman–Crippen LogP) is 3.10. The van der Waals surface area contributed by atoms with Gasteiger partial charge in [-0.25, -0.2) is 9.97 Å². The van der Waals surface area contributed by atoms with E-state index in [2.05, 4.69) is 27.1 Å². The number of anilines is 2. The van der Waals surface area contributed by atoms with Gasteiger partial charge in [-0.1, -0.05) is 6.07 Å². The van der Waals surface area contributed by atoms with Crippen LogP contribution in [0, 0.1) is 6.92 Å². The molecule has 0 radical (unpaired) electrons. The summed E-state index contributed by atoms with van der Waals surface area (Å²) >= 11 is 1.62. The Morgan fingerprint density at radius 2 is 2.11 bits per heavy atom. The van der Waals surface area contributed by atoms with Gasteiger partial charge in [0.1, 0.15) is 11.6 Å². The molecule has 2 aromatic heterocycles. The molecule has 4 rings (SSSR count). The molecule has 3 aromatic rings. The predicted molar refractivity (Wildman–Crippen MR) is 106 cm³/mol. The van der Waals surface area contributed by atoms with Gasteiger partial charge >= 0.3 is 0 Å². The van der Waals surface area contributed by atoms with Gasteiger partial charge in [0.2, 0.25) is 5.82 Å². The average Bonchev–Trinajstić information content (AvgIpc) is 3.09. The molecular weight excluding hydrogens is 364 g/mol. The number of aryl methyl sites for hydroxylation is 1. The molecule has 0 saturated carbocycles. The highest BCUT2D eigenvalue weighted by molar-refractivity contribution is 7.11. The van der Waals surface area contributed by atoms with E-state index in [1.165, 1.54) is 0 Å². The van der Waals surface area contributed by atoms with Gasteiger partial charge in [0.15, 0.2) is 0 Å². The quantitative estimate of drug-likeness (QED) is 0.745. The van der Waals surface area contributed by atoms with E-state index in [0.29, 0.717) is 24.7 Å². The highest BCUT2D eigenvalue weighted by Gasteiger charge is 2.22. The molecule has 27 heavy (non-hydrogen) atoms. The first-order valence-corrected chi connectivity index (χ1v) is 9.57. The van der Waals surface area contributed by atoms with Crippen molar-refractivity contribution >= 4 is 39.7 Å². The van der Waals surface area contributed by atoms with Crippen molar-refractivity contribution in [2.24, 2.45) is 0 Å². The molecular formula is C19H20N4O3S. The van der Waals surface area contributed by atoms with E-state index in [0.717, 1.165) is 34.7 Å². The highest BCUT2D eigenvalue weighted by atomic mass is 32.1. The van der Waals surface area contributed by atoms with Crippen LogP contribution in [0.4, 0.5) is 11.5 Å². The van der Waals surface area contributed by atoms with Gasteiger partial charge in [-0.2, -0.15) is 0 Å². The molecule has 0 spiro atoms. The molecule has 3 heterocycles. The van der Waals surface area contributed by atoms with Crippen molar-refractivity contribution in [3.05, 3.63) is 40.3 Å². The van der Waals surface area contributed by atoms with Crippen LogP contribution in [0.25, 0.3) is 10.9 Å². The van der Waals surface area contributed by atoms with Gasteiger partial charge in [0.05, 0.1) is 31.2 Å². The number of nitrogens with one attached hydrogen (secondary N) is 1. The zero-order valence-corrected chi connectivity index (χ0v) is 16.0. The van der Waals surface area contributed by atoms with E-state index in [1.807, 2.05) is 17.5 Å². The lowest BCUT2D eigenvalue weighted by Gasteiger charge is -2.28. The molecule has 1 aliphatic heterocycles. The lowest BCUT2D eigenvalue weighted by molar-refractivity contribution is 0.101. The number of morpholine rings is 1. The van der Waals surface area contributed by atoms with Crippen LogP contribution in [0.1, 0.15) is 15.5 Å². The molecule has 140 valence electrons. The van der Waals surface area contributed by atoms with E-state index in [9.17, 15) is 4.79 Å². The maximum atomic E-state index is 12.8. The molecule has 1 amide bonds. The third-order valence-corrected chi connectivity index (χ3v) is 5.36. The van der Waals surface area contributed by atoms with Crippen LogP contribution in [0.5, 0.6) is 5.75 Å². The summed E-state index contributed by atoms with van der Waals surface area (Å²) in [5.74, 6) is 1.29. The molecule has 0 aliphatic carbocycles. The van der Waals surface area contributed by atoms with Crippen molar-refractivity contribution < 1.29 is 14.3 Å². The Balaban J connectivity index is 1.69. The first kappa shape index (κ1) is 17.7. The summed E-state index contributed by atoms with van der Waals surface area (Å²) in [5.41, 5.74) is 1.43. The summed E-state index contributed by atoms with van der Waals surface area (Å²) < 4.78 is 10.7. The topological polar surface area (TPSA) is 76.6 Å². The average molecular weight is 384 g/mol. The van der Waals surface area contributed by atoms with Crippen molar-refractivity contribution in [2.75, 3.05) is 43.6 Å². The number of carbonyl (C=O) groups is 1. The number of amides is 1. The minimum absolute atomic E-state index is 0.157. The molecule has 1 N–H and O–H groups in total.